The molecular formula is C19H23NS. The minimum absolute atomic E-state index is 0.493. The number of benzene rings is 1. The summed E-state index contributed by atoms with van der Waals surface area (Å²) in [6.45, 7) is 5.89. The smallest absolute Gasteiger partial charge is 0.0327 e. The van der Waals surface area contributed by atoms with Gasteiger partial charge in [-0.25, -0.2) is 0 Å². The molecule has 2 heterocycles. The first kappa shape index (κ1) is 13.5. The maximum atomic E-state index is 2.64. The molecule has 0 N–H and O–H groups in total. The second-order valence-corrected chi connectivity index (χ2v) is 7.83. The van der Waals surface area contributed by atoms with E-state index in [0.717, 1.165) is 6.54 Å². The highest BCUT2D eigenvalue weighted by molar-refractivity contribution is 7.09. The summed E-state index contributed by atoms with van der Waals surface area (Å²) >= 11 is 1.89. The van der Waals surface area contributed by atoms with Gasteiger partial charge in [0, 0.05) is 11.4 Å². The van der Waals surface area contributed by atoms with Crippen LogP contribution in [-0.2, 0) is 18.4 Å². The summed E-state index contributed by atoms with van der Waals surface area (Å²) in [5.41, 5.74) is 5.22. The molecule has 0 radical (unpaired) electrons. The largest absolute Gasteiger partial charge is 0.298 e. The van der Waals surface area contributed by atoms with Gasteiger partial charge < -0.3 is 0 Å². The van der Waals surface area contributed by atoms with Crippen molar-refractivity contribution in [2.45, 2.75) is 44.6 Å². The van der Waals surface area contributed by atoms with E-state index in [0.29, 0.717) is 5.41 Å². The Bertz CT molecular complexity index is 621. The summed E-state index contributed by atoms with van der Waals surface area (Å²) in [4.78, 5) is 4.15. The van der Waals surface area contributed by atoms with Crippen molar-refractivity contribution in [1.29, 1.82) is 0 Å². The number of nitrogens with zero attached hydrogens (tertiary/aromatic N) is 1. The van der Waals surface area contributed by atoms with E-state index in [4.69, 9.17) is 0 Å². The van der Waals surface area contributed by atoms with Crippen molar-refractivity contribution >= 4 is 11.3 Å². The highest BCUT2D eigenvalue weighted by Gasteiger charge is 2.40. The molecule has 1 aromatic carbocycles. The summed E-state index contributed by atoms with van der Waals surface area (Å²) in [5.74, 6) is 0. The normalized spacial score (nSPS) is 20.8. The molecule has 1 nitrogen and oxygen atoms in total. The molecule has 2 aliphatic rings. The van der Waals surface area contributed by atoms with Gasteiger partial charge in [-0.15, -0.1) is 11.3 Å². The van der Waals surface area contributed by atoms with Crippen molar-refractivity contribution in [3.8, 4) is 0 Å². The monoisotopic (exact) mass is 297 g/mol. The second-order valence-electron chi connectivity index (χ2n) is 6.80. The van der Waals surface area contributed by atoms with E-state index in [-0.39, 0.29) is 0 Å². The van der Waals surface area contributed by atoms with Crippen LogP contribution in [0.5, 0.6) is 0 Å². The maximum Gasteiger partial charge on any atom is 0.0327 e. The SMILES string of the molecule is Cc1ccc2c(c1)C1(CC2)CCN(Cc2cccs2)CC1. The minimum Gasteiger partial charge on any atom is -0.298 e. The molecule has 0 bridgehead atoms. The van der Waals surface area contributed by atoms with Gasteiger partial charge in [0.05, 0.1) is 0 Å². The van der Waals surface area contributed by atoms with E-state index in [1.54, 1.807) is 11.1 Å². The zero-order valence-corrected chi connectivity index (χ0v) is 13.6. The lowest BCUT2D eigenvalue weighted by atomic mass is 9.73. The van der Waals surface area contributed by atoms with E-state index < -0.39 is 0 Å². The lowest BCUT2D eigenvalue weighted by molar-refractivity contribution is 0.153. The Kier molecular flexibility index (Phi) is 3.39. The van der Waals surface area contributed by atoms with Crippen LogP contribution in [0.15, 0.2) is 35.7 Å². The molecule has 1 spiro atoms. The number of likely N-dealkylation sites (tertiary alicyclic amines) is 1. The first-order chi connectivity index (χ1) is 10.3. The van der Waals surface area contributed by atoms with Gasteiger partial charge in [-0.3, -0.25) is 4.90 Å². The Morgan fingerprint density at radius 2 is 2.00 bits per heavy atom. The molecule has 2 heteroatoms. The predicted molar refractivity (Wildman–Crippen MR) is 90.0 cm³/mol. The average molecular weight is 297 g/mol. The van der Waals surface area contributed by atoms with E-state index in [1.165, 1.54) is 49.2 Å². The van der Waals surface area contributed by atoms with E-state index in [2.05, 4.69) is 47.5 Å². The molecule has 110 valence electrons. The highest BCUT2D eigenvalue weighted by atomic mass is 32.1. The number of hydrogen-bond donors (Lipinski definition) is 0. The quantitative estimate of drug-likeness (QED) is 0.787. The van der Waals surface area contributed by atoms with Crippen LogP contribution >= 0.6 is 11.3 Å². The van der Waals surface area contributed by atoms with Crippen LogP contribution in [0.25, 0.3) is 0 Å². The van der Waals surface area contributed by atoms with Crippen molar-refractivity contribution in [2.24, 2.45) is 0 Å². The number of fused-ring (bicyclic) bond motifs is 2. The summed E-state index contributed by atoms with van der Waals surface area (Å²) < 4.78 is 0. The van der Waals surface area contributed by atoms with Gasteiger partial charge in [0.15, 0.2) is 0 Å². The Labute approximate surface area is 131 Å². The van der Waals surface area contributed by atoms with Gasteiger partial charge in [0.1, 0.15) is 0 Å². The molecule has 1 saturated heterocycles. The maximum absolute atomic E-state index is 2.64. The highest BCUT2D eigenvalue weighted by Crippen LogP contribution is 2.46. The van der Waals surface area contributed by atoms with Crippen LogP contribution in [0.1, 0.15) is 40.8 Å². The van der Waals surface area contributed by atoms with Crippen molar-refractivity contribution < 1.29 is 0 Å². The fourth-order valence-corrected chi connectivity index (χ4v) is 4.94. The number of thiophene rings is 1. The summed E-state index contributed by atoms with van der Waals surface area (Å²) in [6, 6.07) is 11.6. The third kappa shape index (κ3) is 2.45. The van der Waals surface area contributed by atoms with Crippen LogP contribution in [-0.4, -0.2) is 18.0 Å². The number of hydrogen-bond acceptors (Lipinski definition) is 2. The first-order valence-electron chi connectivity index (χ1n) is 8.10. The molecule has 0 saturated carbocycles. The standard InChI is InChI=1S/C19H23NS/c1-15-4-5-16-6-7-19(18(16)13-15)8-10-20(11-9-19)14-17-3-2-12-21-17/h2-5,12-13H,6-11,14H2,1H3. The van der Waals surface area contributed by atoms with Gasteiger partial charge in [0.25, 0.3) is 0 Å². The zero-order valence-electron chi connectivity index (χ0n) is 12.8. The average Bonchev–Trinajstić information content (AvgIpc) is 3.11. The summed E-state index contributed by atoms with van der Waals surface area (Å²) in [7, 11) is 0. The molecule has 21 heavy (non-hydrogen) atoms. The number of piperidine rings is 1. The van der Waals surface area contributed by atoms with Crippen molar-refractivity contribution in [3.05, 3.63) is 57.3 Å². The fourth-order valence-electron chi connectivity index (χ4n) is 4.19. The molecule has 1 aliphatic heterocycles. The molecule has 1 aromatic heterocycles. The molecule has 0 amide bonds. The molecular weight excluding hydrogens is 274 g/mol. The lowest BCUT2D eigenvalue weighted by Crippen LogP contribution is -2.41. The molecule has 1 aliphatic carbocycles. The molecule has 0 atom stereocenters. The summed E-state index contributed by atoms with van der Waals surface area (Å²) in [5, 5.41) is 2.19. The number of rotatable bonds is 2. The van der Waals surface area contributed by atoms with Gasteiger partial charge >= 0.3 is 0 Å². The van der Waals surface area contributed by atoms with Crippen molar-refractivity contribution in [3.63, 3.8) is 0 Å². The van der Waals surface area contributed by atoms with E-state index in [9.17, 15) is 0 Å². The Morgan fingerprint density at radius 1 is 1.14 bits per heavy atom. The third-order valence-electron chi connectivity index (χ3n) is 5.48. The van der Waals surface area contributed by atoms with Crippen LogP contribution in [0.3, 0.4) is 0 Å². The molecule has 0 unspecified atom stereocenters. The minimum atomic E-state index is 0.493. The fraction of sp³-hybridized carbons (Fsp3) is 0.474. The molecule has 2 aromatic rings. The third-order valence-corrected chi connectivity index (χ3v) is 6.34. The second kappa shape index (κ2) is 5.26. The number of aryl methyl sites for hydroxylation is 2. The van der Waals surface area contributed by atoms with Crippen LogP contribution in [0.2, 0.25) is 0 Å². The van der Waals surface area contributed by atoms with Gasteiger partial charge in [-0.05, 0) is 73.7 Å². The zero-order chi connectivity index (χ0) is 14.3. The molecule has 1 fully saturated rings. The summed E-state index contributed by atoms with van der Waals surface area (Å²) in [6.07, 6.45) is 5.35. The van der Waals surface area contributed by atoms with Gasteiger partial charge in [-0.1, -0.05) is 29.8 Å². The Morgan fingerprint density at radius 3 is 2.76 bits per heavy atom. The predicted octanol–water partition coefficient (Wildman–Crippen LogP) is 4.54. The Hall–Kier alpha value is -1.12. The lowest BCUT2D eigenvalue weighted by Gasteiger charge is -2.40. The first-order valence-corrected chi connectivity index (χ1v) is 8.98. The van der Waals surface area contributed by atoms with E-state index in [1.807, 2.05) is 11.3 Å². The van der Waals surface area contributed by atoms with Crippen LogP contribution in [0, 0.1) is 6.92 Å². The Balaban J connectivity index is 1.49. The van der Waals surface area contributed by atoms with Gasteiger partial charge in [0.2, 0.25) is 0 Å². The van der Waals surface area contributed by atoms with Gasteiger partial charge in [-0.2, -0.15) is 0 Å². The molecule has 4 rings (SSSR count). The van der Waals surface area contributed by atoms with Crippen molar-refractivity contribution in [1.82, 2.24) is 4.90 Å². The van der Waals surface area contributed by atoms with Crippen LogP contribution < -0.4 is 0 Å². The van der Waals surface area contributed by atoms with Crippen molar-refractivity contribution in [2.75, 3.05) is 13.1 Å². The van der Waals surface area contributed by atoms with E-state index >= 15 is 0 Å². The topological polar surface area (TPSA) is 3.24 Å². The van der Waals surface area contributed by atoms with Crippen LogP contribution in [0.4, 0.5) is 0 Å².